The SMILES string of the molecule is CCCCCSc1ccccc1CN(C)C. The molecule has 0 saturated heterocycles. The molecule has 0 unspecified atom stereocenters. The number of thioether (sulfide) groups is 1. The Hall–Kier alpha value is -0.470. The molecule has 0 saturated carbocycles. The lowest BCUT2D eigenvalue weighted by Gasteiger charge is -2.13. The van der Waals surface area contributed by atoms with E-state index in [-0.39, 0.29) is 0 Å². The summed E-state index contributed by atoms with van der Waals surface area (Å²) in [6.07, 6.45) is 3.99. The molecule has 0 aliphatic carbocycles. The first-order valence-electron chi connectivity index (χ1n) is 6.09. The van der Waals surface area contributed by atoms with E-state index in [0.717, 1.165) is 6.54 Å². The molecular formula is C14H23NS. The Labute approximate surface area is 104 Å². The van der Waals surface area contributed by atoms with Crippen LogP contribution in [0.4, 0.5) is 0 Å². The number of nitrogens with zero attached hydrogens (tertiary/aromatic N) is 1. The molecule has 16 heavy (non-hydrogen) atoms. The summed E-state index contributed by atoms with van der Waals surface area (Å²) in [5.74, 6) is 1.25. The molecule has 1 aromatic carbocycles. The Morgan fingerprint density at radius 1 is 1.12 bits per heavy atom. The zero-order valence-electron chi connectivity index (χ0n) is 10.7. The minimum Gasteiger partial charge on any atom is -0.305 e. The first-order valence-corrected chi connectivity index (χ1v) is 7.08. The van der Waals surface area contributed by atoms with Gasteiger partial charge in [-0.15, -0.1) is 11.8 Å². The summed E-state index contributed by atoms with van der Waals surface area (Å²) in [5, 5.41) is 0. The van der Waals surface area contributed by atoms with Gasteiger partial charge < -0.3 is 4.90 Å². The molecule has 1 rings (SSSR count). The van der Waals surface area contributed by atoms with E-state index in [4.69, 9.17) is 0 Å². The molecule has 90 valence electrons. The molecule has 0 fully saturated rings. The number of hydrogen-bond acceptors (Lipinski definition) is 2. The highest BCUT2D eigenvalue weighted by atomic mass is 32.2. The second-order valence-corrected chi connectivity index (χ2v) is 5.54. The van der Waals surface area contributed by atoms with Gasteiger partial charge >= 0.3 is 0 Å². The standard InChI is InChI=1S/C14H23NS/c1-4-5-8-11-16-14-10-7-6-9-13(14)12-15(2)3/h6-7,9-10H,4-5,8,11-12H2,1-3H3. The quantitative estimate of drug-likeness (QED) is 0.520. The Kier molecular flexibility index (Phi) is 6.58. The van der Waals surface area contributed by atoms with Crippen LogP contribution in [0.1, 0.15) is 31.7 Å². The van der Waals surface area contributed by atoms with Gasteiger partial charge in [0, 0.05) is 11.4 Å². The Morgan fingerprint density at radius 3 is 2.56 bits per heavy atom. The third-order valence-corrected chi connectivity index (χ3v) is 3.67. The maximum absolute atomic E-state index is 2.25. The van der Waals surface area contributed by atoms with Crippen LogP contribution in [0.25, 0.3) is 0 Å². The van der Waals surface area contributed by atoms with Crippen molar-refractivity contribution in [2.45, 2.75) is 37.6 Å². The zero-order valence-corrected chi connectivity index (χ0v) is 11.5. The highest BCUT2D eigenvalue weighted by Crippen LogP contribution is 2.24. The number of unbranched alkanes of at least 4 members (excludes halogenated alkanes) is 2. The molecule has 1 nitrogen and oxygen atoms in total. The average Bonchev–Trinajstić information content (AvgIpc) is 2.26. The average molecular weight is 237 g/mol. The second-order valence-electron chi connectivity index (χ2n) is 4.40. The molecule has 0 spiro atoms. The van der Waals surface area contributed by atoms with E-state index in [1.807, 2.05) is 11.8 Å². The van der Waals surface area contributed by atoms with E-state index >= 15 is 0 Å². The highest BCUT2D eigenvalue weighted by Gasteiger charge is 2.02. The van der Waals surface area contributed by atoms with Gasteiger partial charge in [0.15, 0.2) is 0 Å². The maximum atomic E-state index is 2.25. The third kappa shape index (κ3) is 5.04. The normalized spacial score (nSPS) is 11.0. The van der Waals surface area contributed by atoms with Gasteiger partial charge in [0.05, 0.1) is 0 Å². The van der Waals surface area contributed by atoms with Crippen LogP contribution in [-0.2, 0) is 6.54 Å². The fourth-order valence-electron chi connectivity index (χ4n) is 1.65. The van der Waals surface area contributed by atoms with Crippen LogP contribution in [0.2, 0.25) is 0 Å². The van der Waals surface area contributed by atoms with E-state index in [2.05, 4.69) is 50.2 Å². The second kappa shape index (κ2) is 7.75. The summed E-state index contributed by atoms with van der Waals surface area (Å²) in [4.78, 5) is 3.68. The van der Waals surface area contributed by atoms with Gasteiger partial charge in [-0.2, -0.15) is 0 Å². The molecule has 0 aliphatic heterocycles. The molecule has 1 aromatic rings. The van der Waals surface area contributed by atoms with Gasteiger partial charge in [-0.05, 0) is 37.9 Å². The molecule has 0 atom stereocenters. The van der Waals surface area contributed by atoms with Crippen LogP contribution in [0.15, 0.2) is 29.2 Å². The van der Waals surface area contributed by atoms with Gasteiger partial charge in [-0.3, -0.25) is 0 Å². The first-order chi connectivity index (χ1) is 7.74. The summed E-state index contributed by atoms with van der Waals surface area (Å²) in [7, 11) is 4.25. The van der Waals surface area contributed by atoms with Gasteiger partial charge in [0.1, 0.15) is 0 Å². The number of rotatable bonds is 7. The molecule has 0 aromatic heterocycles. The molecular weight excluding hydrogens is 214 g/mol. The molecule has 2 heteroatoms. The fourth-order valence-corrected chi connectivity index (χ4v) is 2.71. The topological polar surface area (TPSA) is 3.24 Å². The Balaban J connectivity index is 2.50. The Bertz CT molecular complexity index is 297. The van der Waals surface area contributed by atoms with Crippen LogP contribution < -0.4 is 0 Å². The minimum absolute atomic E-state index is 1.04. The van der Waals surface area contributed by atoms with E-state index in [0.29, 0.717) is 0 Å². The highest BCUT2D eigenvalue weighted by molar-refractivity contribution is 7.99. The van der Waals surface area contributed by atoms with Crippen molar-refractivity contribution in [1.82, 2.24) is 4.90 Å². The largest absolute Gasteiger partial charge is 0.305 e. The van der Waals surface area contributed by atoms with Gasteiger partial charge in [-0.1, -0.05) is 38.0 Å². The van der Waals surface area contributed by atoms with Crippen LogP contribution in [0, 0.1) is 0 Å². The molecule has 0 heterocycles. The van der Waals surface area contributed by atoms with Crippen LogP contribution in [0.5, 0.6) is 0 Å². The van der Waals surface area contributed by atoms with Crippen LogP contribution in [0.3, 0.4) is 0 Å². The summed E-state index contributed by atoms with van der Waals surface area (Å²) in [6.45, 7) is 3.29. The van der Waals surface area contributed by atoms with Gasteiger partial charge in [-0.25, -0.2) is 0 Å². The maximum Gasteiger partial charge on any atom is 0.0238 e. The van der Waals surface area contributed by atoms with E-state index in [1.54, 1.807) is 0 Å². The van der Waals surface area contributed by atoms with Crippen LogP contribution >= 0.6 is 11.8 Å². The van der Waals surface area contributed by atoms with Crippen molar-refractivity contribution < 1.29 is 0 Å². The Morgan fingerprint density at radius 2 is 1.88 bits per heavy atom. The van der Waals surface area contributed by atoms with Crippen LogP contribution in [-0.4, -0.2) is 24.7 Å². The molecule has 0 radical (unpaired) electrons. The third-order valence-electron chi connectivity index (χ3n) is 2.46. The predicted octanol–water partition coefficient (Wildman–Crippen LogP) is 4.03. The number of benzene rings is 1. The molecule has 0 bridgehead atoms. The number of hydrogen-bond donors (Lipinski definition) is 0. The first kappa shape index (κ1) is 13.6. The van der Waals surface area contributed by atoms with E-state index in [1.165, 1.54) is 35.5 Å². The van der Waals surface area contributed by atoms with E-state index < -0.39 is 0 Å². The molecule has 0 N–H and O–H groups in total. The van der Waals surface area contributed by atoms with Crippen molar-refractivity contribution >= 4 is 11.8 Å². The fraction of sp³-hybridized carbons (Fsp3) is 0.571. The monoisotopic (exact) mass is 237 g/mol. The smallest absolute Gasteiger partial charge is 0.0238 e. The van der Waals surface area contributed by atoms with Crippen molar-refractivity contribution in [3.8, 4) is 0 Å². The van der Waals surface area contributed by atoms with Gasteiger partial charge in [0.25, 0.3) is 0 Å². The summed E-state index contributed by atoms with van der Waals surface area (Å²) >= 11 is 2.00. The molecule has 0 aliphatic rings. The van der Waals surface area contributed by atoms with Crippen molar-refractivity contribution in [3.05, 3.63) is 29.8 Å². The van der Waals surface area contributed by atoms with Crippen molar-refractivity contribution in [3.63, 3.8) is 0 Å². The lowest BCUT2D eigenvalue weighted by molar-refractivity contribution is 0.399. The van der Waals surface area contributed by atoms with Crippen molar-refractivity contribution in [2.75, 3.05) is 19.8 Å². The predicted molar refractivity (Wildman–Crippen MR) is 74.1 cm³/mol. The molecule has 0 amide bonds. The minimum atomic E-state index is 1.04. The summed E-state index contributed by atoms with van der Waals surface area (Å²) < 4.78 is 0. The lowest BCUT2D eigenvalue weighted by atomic mass is 10.2. The van der Waals surface area contributed by atoms with Crippen molar-refractivity contribution in [1.29, 1.82) is 0 Å². The van der Waals surface area contributed by atoms with Gasteiger partial charge in [0.2, 0.25) is 0 Å². The van der Waals surface area contributed by atoms with Crippen molar-refractivity contribution in [2.24, 2.45) is 0 Å². The summed E-state index contributed by atoms with van der Waals surface area (Å²) in [6, 6.07) is 8.76. The lowest BCUT2D eigenvalue weighted by Crippen LogP contribution is -2.11. The van der Waals surface area contributed by atoms with E-state index in [9.17, 15) is 0 Å². The summed E-state index contributed by atoms with van der Waals surface area (Å²) in [5.41, 5.74) is 1.45. The zero-order chi connectivity index (χ0) is 11.8.